The Kier molecular flexibility index (Phi) is 6.00. The maximum atomic E-state index is 12.3. The van der Waals surface area contributed by atoms with Gasteiger partial charge >= 0.3 is 5.97 Å². The lowest BCUT2D eigenvalue weighted by atomic mass is 10.2. The van der Waals surface area contributed by atoms with Gasteiger partial charge in [-0.05, 0) is 43.3 Å². The Hall–Kier alpha value is -3.26. The van der Waals surface area contributed by atoms with Crippen LogP contribution >= 0.6 is 11.3 Å². The first-order valence-corrected chi connectivity index (χ1v) is 9.39. The van der Waals surface area contributed by atoms with Crippen LogP contribution in [-0.2, 0) is 9.53 Å². The van der Waals surface area contributed by atoms with Crippen molar-refractivity contribution in [2.45, 2.75) is 6.92 Å². The molecule has 0 aliphatic heterocycles. The number of aryl methyl sites for hydroxylation is 1. The number of nitrogens with zero attached hydrogens (tertiary/aromatic N) is 3. The van der Waals surface area contributed by atoms with E-state index in [1.165, 1.54) is 11.3 Å². The van der Waals surface area contributed by atoms with Crippen LogP contribution in [-0.4, -0.2) is 42.5 Å². The van der Waals surface area contributed by atoms with Crippen LogP contribution in [0.15, 0.2) is 48.7 Å². The third kappa shape index (κ3) is 4.72. The molecule has 0 spiro atoms. The number of ether oxygens (including phenoxy) is 1. The van der Waals surface area contributed by atoms with Gasteiger partial charge in [0.1, 0.15) is 9.88 Å². The number of aromatic nitrogens is 2. The molecule has 0 aliphatic carbocycles. The second-order valence-electron chi connectivity index (χ2n) is 6.21. The van der Waals surface area contributed by atoms with E-state index in [4.69, 9.17) is 4.74 Å². The van der Waals surface area contributed by atoms with E-state index in [9.17, 15) is 9.59 Å². The van der Waals surface area contributed by atoms with Gasteiger partial charge in [0.2, 0.25) is 0 Å². The number of nitrogens with one attached hydrogen (secondary N) is 1. The summed E-state index contributed by atoms with van der Waals surface area (Å²) in [6.07, 6.45) is 1.67. The number of carbonyl (C=O) groups is 2. The van der Waals surface area contributed by atoms with E-state index in [1.807, 2.05) is 49.3 Å². The van der Waals surface area contributed by atoms with E-state index in [0.717, 1.165) is 5.69 Å². The summed E-state index contributed by atoms with van der Waals surface area (Å²) in [5.74, 6) is -0.978. The van der Waals surface area contributed by atoms with Gasteiger partial charge in [-0.15, -0.1) is 11.3 Å². The molecule has 8 heteroatoms. The molecule has 1 N–H and O–H groups in total. The van der Waals surface area contributed by atoms with Gasteiger partial charge in [-0.3, -0.25) is 9.78 Å². The lowest BCUT2D eigenvalue weighted by Crippen LogP contribution is -2.21. The monoisotopic (exact) mass is 396 g/mol. The first kappa shape index (κ1) is 19.5. The normalized spacial score (nSPS) is 10.4. The topological polar surface area (TPSA) is 84.4 Å². The summed E-state index contributed by atoms with van der Waals surface area (Å²) in [6.45, 7) is 1.36. The number of hydrogen-bond acceptors (Lipinski definition) is 7. The molecule has 3 rings (SSSR count). The van der Waals surface area contributed by atoms with Gasteiger partial charge < -0.3 is 15.0 Å². The molecule has 7 nitrogen and oxygen atoms in total. The quantitative estimate of drug-likeness (QED) is 0.643. The summed E-state index contributed by atoms with van der Waals surface area (Å²) >= 11 is 1.20. The van der Waals surface area contributed by atoms with Gasteiger partial charge in [-0.1, -0.05) is 6.07 Å². The second-order valence-corrected chi connectivity index (χ2v) is 7.21. The third-order valence-corrected chi connectivity index (χ3v) is 5.03. The zero-order chi connectivity index (χ0) is 20.1. The minimum atomic E-state index is -0.574. The van der Waals surface area contributed by atoms with Crippen molar-refractivity contribution in [3.8, 4) is 10.7 Å². The van der Waals surface area contributed by atoms with Crippen molar-refractivity contribution in [2.24, 2.45) is 0 Å². The first-order valence-electron chi connectivity index (χ1n) is 8.57. The number of hydrogen-bond donors (Lipinski definition) is 1. The van der Waals surface area contributed by atoms with E-state index < -0.39 is 11.9 Å². The highest BCUT2D eigenvalue weighted by Crippen LogP contribution is 2.26. The average molecular weight is 396 g/mol. The van der Waals surface area contributed by atoms with Crippen molar-refractivity contribution < 1.29 is 14.3 Å². The number of rotatable bonds is 6. The van der Waals surface area contributed by atoms with Crippen molar-refractivity contribution in [1.82, 2.24) is 9.97 Å². The molecule has 28 heavy (non-hydrogen) atoms. The zero-order valence-electron chi connectivity index (χ0n) is 15.8. The van der Waals surface area contributed by atoms with Gasteiger partial charge in [-0.2, -0.15) is 0 Å². The van der Waals surface area contributed by atoms with E-state index >= 15 is 0 Å². The summed E-state index contributed by atoms with van der Waals surface area (Å²) in [4.78, 5) is 35.3. The molecule has 1 aromatic carbocycles. The second kappa shape index (κ2) is 8.62. The van der Waals surface area contributed by atoms with Gasteiger partial charge in [0.15, 0.2) is 6.61 Å². The zero-order valence-corrected chi connectivity index (χ0v) is 16.6. The molecular weight excluding hydrogens is 376 g/mol. The van der Waals surface area contributed by atoms with Gasteiger partial charge in [-0.25, -0.2) is 9.78 Å². The van der Waals surface area contributed by atoms with Crippen LogP contribution in [0.4, 0.5) is 11.4 Å². The van der Waals surface area contributed by atoms with Crippen LogP contribution < -0.4 is 10.2 Å². The van der Waals surface area contributed by atoms with Crippen molar-refractivity contribution >= 4 is 34.6 Å². The standard InChI is InChI=1S/C20H20N4O3S/c1-13-18(28-19(22-13)16-6-4-5-11-21-16)20(26)27-12-17(25)23-14-7-9-15(10-8-14)24(2)3/h4-11H,12H2,1-3H3,(H,23,25). The molecule has 0 aliphatic rings. The fraction of sp³-hybridized carbons (Fsp3) is 0.200. The Labute approximate surface area is 167 Å². The molecule has 0 bridgehead atoms. The molecular formula is C20H20N4O3S. The molecule has 3 aromatic rings. The molecule has 144 valence electrons. The maximum absolute atomic E-state index is 12.3. The fourth-order valence-electron chi connectivity index (χ4n) is 2.42. The van der Waals surface area contributed by atoms with Crippen molar-refractivity contribution in [3.05, 3.63) is 59.2 Å². The lowest BCUT2D eigenvalue weighted by molar-refractivity contribution is -0.119. The molecule has 0 radical (unpaired) electrons. The lowest BCUT2D eigenvalue weighted by Gasteiger charge is -2.13. The Balaban J connectivity index is 1.58. The number of anilines is 2. The Morgan fingerprint density at radius 3 is 2.54 bits per heavy atom. The van der Waals surface area contributed by atoms with Crippen LogP contribution in [0.3, 0.4) is 0 Å². The Morgan fingerprint density at radius 1 is 1.14 bits per heavy atom. The van der Waals surface area contributed by atoms with Crippen LogP contribution in [0, 0.1) is 6.92 Å². The number of carbonyl (C=O) groups excluding carboxylic acids is 2. The summed E-state index contributed by atoms with van der Waals surface area (Å²) in [7, 11) is 3.88. The molecule has 2 aromatic heterocycles. The molecule has 0 saturated carbocycles. The maximum Gasteiger partial charge on any atom is 0.350 e. The number of pyridine rings is 1. The summed E-state index contributed by atoms with van der Waals surface area (Å²) in [5, 5.41) is 3.34. The fourth-order valence-corrected chi connectivity index (χ4v) is 3.36. The van der Waals surface area contributed by atoms with Crippen molar-refractivity contribution in [2.75, 3.05) is 30.9 Å². The largest absolute Gasteiger partial charge is 0.451 e. The molecule has 0 unspecified atom stereocenters. The molecule has 0 fully saturated rings. The first-order chi connectivity index (χ1) is 13.4. The van der Waals surface area contributed by atoms with Gasteiger partial charge in [0.25, 0.3) is 5.91 Å². The third-order valence-electron chi connectivity index (χ3n) is 3.87. The Bertz CT molecular complexity index is 969. The SMILES string of the molecule is Cc1nc(-c2ccccn2)sc1C(=O)OCC(=O)Nc1ccc(N(C)C)cc1. The number of benzene rings is 1. The highest BCUT2D eigenvalue weighted by Gasteiger charge is 2.19. The summed E-state index contributed by atoms with van der Waals surface area (Å²) < 4.78 is 5.14. The molecule has 2 heterocycles. The smallest absolute Gasteiger partial charge is 0.350 e. The minimum absolute atomic E-state index is 0.365. The van der Waals surface area contributed by atoms with Crippen molar-refractivity contribution in [3.63, 3.8) is 0 Å². The van der Waals surface area contributed by atoms with Crippen LogP contribution in [0.2, 0.25) is 0 Å². The molecule has 0 atom stereocenters. The summed E-state index contributed by atoms with van der Waals surface area (Å²) in [6, 6.07) is 12.9. The highest BCUT2D eigenvalue weighted by atomic mass is 32.1. The minimum Gasteiger partial charge on any atom is -0.451 e. The molecule has 1 amide bonds. The number of esters is 1. The van der Waals surface area contributed by atoms with Crippen molar-refractivity contribution in [1.29, 1.82) is 0 Å². The average Bonchev–Trinajstić information content (AvgIpc) is 3.09. The Morgan fingerprint density at radius 2 is 1.89 bits per heavy atom. The van der Waals surface area contributed by atoms with Crippen LogP contribution in [0.1, 0.15) is 15.4 Å². The van der Waals surface area contributed by atoms with Gasteiger partial charge in [0.05, 0.1) is 11.4 Å². The van der Waals surface area contributed by atoms with Crippen LogP contribution in [0.25, 0.3) is 10.7 Å². The molecule has 0 saturated heterocycles. The van der Waals surface area contributed by atoms with E-state index in [2.05, 4.69) is 15.3 Å². The summed E-state index contributed by atoms with van der Waals surface area (Å²) in [5.41, 5.74) is 2.90. The van der Waals surface area contributed by atoms with Gasteiger partial charge in [0, 0.05) is 31.7 Å². The van der Waals surface area contributed by atoms with E-state index in [1.54, 1.807) is 25.3 Å². The number of amides is 1. The van der Waals surface area contributed by atoms with Crippen LogP contribution in [0.5, 0.6) is 0 Å². The van der Waals surface area contributed by atoms with E-state index in [-0.39, 0.29) is 6.61 Å². The number of thiazole rings is 1. The highest BCUT2D eigenvalue weighted by molar-refractivity contribution is 7.17. The van der Waals surface area contributed by atoms with E-state index in [0.29, 0.717) is 27.0 Å². The predicted octanol–water partition coefficient (Wildman–Crippen LogP) is 3.38. The predicted molar refractivity (Wildman–Crippen MR) is 110 cm³/mol.